The van der Waals surface area contributed by atoms with Crippen molar-refractivity contribution in [1.29, 1.82) is 0 Å². The molecule has 1 heterocycles. The summed E-state index contributed by atoms with van der Waals surface area (Å²) >= 11 is 6.45. The molecule has 3 heteroatoms. The smallest absolute Gasteiger partial charge is 0.0992 e. The predicted octanol–water partition coefficient (Wildman–Crippen LogP) is 5.76. The number of halogens is 1. The fourth-order valence-corrected chi connectivity index (χ4v) is 3.55. The van der Waals surface area contributed by atoms with E-state index >= 15 is 0 Å². The zero-order chi connectivity index (χ0) is 17.9. The Balaban J connectivity index is 1.86. The first kappa shape index (κ1) is 16.7. The minimum atomic E-state index is -0.0913. The molecule has 3 aromatic carbocycles. The van der Waals surface area contributed by atoms with Crippen LogP contribution in [0.5, 0.6) is 0 Å². The normalized spacial score (nSPS) is 19.6. The van der Waals surface area contributed by atoms with Crippen molar-refractivity contribution in [2.75, 3.05) is 0 Å². The lowest BCUT2D eigenvalue weighted by atomic mass is 9.93. The monoisotopic (exact) mass is 358 g/mol. The molecule has 0 N–H and O–H groups in total. The van der Waals surface area contributed by atoms with Crippen molar-refractivity contribution >= 4 is 23.0 Å². The Labute approximate surface area is 158 Å². The van der Waals surface area contributed by atoms with Gasteiger partial charge in [0, 0.05) is 16.1 Å². The lowest BCUT2D eigenvalue weighted by Crippen LogP contribution is -2.28. The second kappa shape index (κ2) is 7.27. The summed E-state index contributed by atoms with van der Waals surface area (Å²) in [6.07, 6.45) is 0. The quantitative estimate of drug-likeness (QED) is 0.568. The summed E-state index contributed by atoms with van der Waals surface area (Å²) in [4.78, 5) is 10.2. The van der Waals surface area contributed by atoms with E-state index in [1.54, 1.807) is 0 Å². The Morgan fingerprint density at radius 2 is 1.15 bits per heavy atom. The van der Waals surface area contributed by atoms with Crippen molar-refractivity contribution in [1.82, 2.24) is 0 Å². The molecule has 2 atom stereocenters. The van der Waals surface area contributed by atoms with E-state index in [4.69, 9.17) is 21.6 Å². The van der Waals surface area contributed by atoms with Gasteiger partial charge in [0.1, 0.15) is 0 Å². The molecule has 0 saturated carbocycles. The molecular formula is C23H19ClN2. The average molecular weight is 359 g/mol. The molecular weight excluding hydrogens is 340 g/mol. The molecule has 0 amide bonds. The molecule has 1 aliphatic rings. The topological polar surface area (TPSA) is 24.7 Å². The minimum absolute atomic E-state index is 0.0116. The molecule has 128 valence electrons. The Hall–Kier alpha value is -2.71. The zero-order valence-corrected chi connectivity index (χ0v) is 15.3. The molecule has 0 radical (unpaired) electrons. The van der Waals surface area contributed by atoms with Gasteiger partial charge in [0.05, 0.1) is 23.5 Å². The highest BCUT2D eigenvalue weighted by Crippen LogP contribution is 2.33. The van der Waals surface area contributed by atoms with Gasteiger partial charge in [-0.2, -0.15) is 0 Å². The molecule has 26 heavy (non-hydrogen) atoms. The van der Waals surface area contributed by atoms with Gasteiger partial charge in [-0.05, 0) is 18.6 Å². The van der Waals surface area contributed by atoms with Crippen LogP contribution in [0.25, 0.3) is 0 Å². The first-order chi connectivity index (χ1) is 12.7. The Morgan fingerprint density at radius 1 is 0.654 bits per heavy atom. The molecule has 1 aliphatic heterocycles. The Morgan fingerprint density at radius 3 is 1.73 bits per heavy atom. The van der Waals surface area contributed by atoms with Crippen molar-refractivity contribution in [3.05, 3.63) is 107 Å². The van der Waals surface area contributed by atoms with Crippen molar-refractivity contribution in [3.63, 3.8) is 0 Å². The second-order valence-electron chi connectivity index (χ2n) is 6.39. The van der Waals surface area contributed by atoms with Gasteiger partial charge in [0.2, 0.25) is 0 Å². The summed E-state index contributed by atoms with van der Waals surface area (Å²) in [5, 5.41) is 0.735. The fourth-order valence-electron chi connectivity index (χ4n) is 3.30. The van der Waals surface area contributed by atoms with E-state index in [9.17, 15) is 0 Å². The highest BCUT2D eigenvalue weighted by atomic mass is 35.5. The standard InChI is InChI=1S/C23H19ClN2/c1-16-21(19-14-8-9-15-20(19)24)26-23(18-12-6-3-7-13-18)22(25-16)17-10-4-2-5-11-17/h2-16,21H,1H3/t16-,21+/m1/s1. The van der Waals surface area contributed by atoms with Crippen LogP contribution in [-0.4, -0.2) is 17.5 Å². The molecule has 0 aliphatic carbocycles. The molecule has 0 aromatic heterocycles. The summed E-state index contributed by atoms with van der Waals surface area (Å²) in [7, 11) is 0. The van der Waals surface area contributed by atoms with Crippen LogP contribution in [0.1, 0.15) is 29.7 Å². The van der Waals surface area contributed by atoms with Gasteiger partial charge in [0.25, 0.3) is 0 Å². The van der Waals surface area contributed by atoms with Crippen LogP contribution in [0.15, 0.2) is 94.9 Å². The van der Waals surface area contributed by atoms with Gasteiger partial charge in [-0.25, -0.2) is 0 Å². The predicted molar refractivity (Wildman–Crippen MR) is 110 cm³/mol. The molecule has 0 unspecified atom stereocenters. The van der Waals surface area contributed by atoms with Gasteiger partial charge >= 0.3 is 0 Å². The van der Waals surface area contributed by atoms with E-state index in [1.165, 1.54) is 0 Å². The fraction of sp³-hybridized carbons (Fsp3) is 0.130. The van der Waals surface area contributed by atoms with Crippen LogP contribution >= 0.6 is 11.6 Å². The number of hydrogen-bond acceptors (Lipinski definition) is 2. The van der Waals surface area contributed by atoms with Crippen LogP contribution in [0.4, 0.5) is 0 Å². The third-order valence-corrected chi connectivity index (χ3v) is 4.94. The highest BCUT2D eigenvalue weighted by molar-refractivity contribution is 6.54. The first-order valence-electron chi connectivity index (χ1n) is 8.75. The molecule has 0 fully saturated rings. The zero-order valence-electron chi connectivity index (χ0n) is 14.5. The van der Waals surface area contributed by atoms with Gasteiger partial charge in [-0.3, -0.25) is 9.98 Å². The van der Waals surface area contributed by atoms with Crippen molar-refractivity contribution in [2.45, 2.75) is 19.0 Å². The van der Waals surface area contributed by atoms with Crippen LogP contribution < -0.4 is 0 Å². The Kier molecular flexibility index (Phi) is 4.68. The van der Waals surface area contributed by atoms with Crippen LogP contribution in [0.2, 0.25) is 5.02 Å². The van der Waals surface area contributed by atoms with Gasteiger partial charge < -0.3 is 0 Å². The van der Waals surface area contributed by atoms with Gasteiger partial charge in [-0.1, -0.05) is 90.5 Å². The Bertz CT molecular complexity index is 962. The van der Waals surface area contributed by atoms with Crippen LogP contribution in [0.3, 0.4) is 0 Å². The molecule has 0 spiro atoms. The molecule has 2 nitrogen and oxygen atoms in total. The maximum absolute atomic E-state index is 6.45. The van der Waals surface area contributed by atoms with Crippen LogP contribution in [-0.2, 0) is 0 Å². The summed E-state index contributed by atoms with van der Waals surface area (Å²) in [5.74, 6) is 0. The average Bonchev–Trinajstić information content (AvgIpc) is 2.70. The molecule has 3 aromatic rings. The van der Waals surface area contributed by atoms with E-state index in [0.717, 1.165) is 33.1 Å². The third kappa shape index (κ3) is 3.21. The largest absolute Gasteiger partial charge is 0.277 e. The second-order valence-corrected chi connectivity index (χ2v) is 6.80. The third-order valence-electron chi connectivity index (χ3n) is 4.60. The summed E-state index contributed by atoms with van der Waals surface area (Å²) in [6.45, 7) is 2.10. The molecule has 4 rings (SSSR count). The maximum atomic E-state index is 6.45. The van der Waals surface area contributed by atoms with E-state index in [-0.39, 0.29) is 12.1 Å². The highest BCUT2D eigenvalue weighted by Gasteiger charge is 2.28. The van der Waals surface area contributed by atoms with E-state index in [1.807, 2.05) is 60.7 Å². The number of hydrogen-bond donors (Lipinski definition) is 0. The molecule has 0 saturated heterocycles. The molecule has 0 bridgehead atoms. The SMILES string of the molecule is C[C@H]1N=C(c2ccccc2)C(c2ccccc2)=N[C@@H]1c1ccccc1Cl. The number of aliphatic imine (C=N–C) groups is 2. The lowest BCUT2D eigenvalue weighted by molar-refractivity contribution is 0.589. The van der Waals surface area contributed by atoms with Gasteiger partial charge in [-0.15, -0.1) is 0 Å². The first-order valence-corrected chi connectivity index (χ1v) is 9.13. The number of nitrogens with zero attached hydrogens (tertiary/aromatic N) is 2. The maximum Gasteiger partial charge on any atom is 0.0992 e. The lowest BCUT2D eigenvalue weighted by Gasteiger charge is -2.27. The minimum Gasteiger partial charge on any atom is -0.277 e. The van der Waals surface area contributed by atoms with E-state index in [0.29, 0.717) is 0 Å². The van der Waals surface area contributed by atoms with Crippen LogP contribution in [0, 0.1) is 0 Å². The van der Waals surface area contributed by atoms with Crippen molar-refractivity contribution in [3.8, 4) is 0 Å². The van der Waals surface area contributed by atoms with E-state index in [2.05, 4.69) is 31.2 Å². The van der Waals surface area contributed by atoms with Crippen molar-refractivity contribution < 1.29 is 0 Å². The number of rotatable bonds is 3. The summed E-state index contributed by atoms with van der Waals surface area (Å²) < 4.78 is 0. The number of benzene rings is 3. The van der Waals surface area contributed by atoms with E-state index < -0.39 is 0 Å². The van der Waals surface area contributed by atoms with Crippen molar-refractivity contribution in [2.24, 2.45) is 9.98 Å². The summed E-state index contributed by atoms with van der Waals surface area (Å²) in [6, 6.07) is 28.3. The van der Waals surface area contributed by atoms with Gasteiger partial charge in [0.15, 0.2) is 0 Å². The summed E-state index contributed by atoms with van der Waals surface area (Å²) in [5.41, 5.74) is 5.03.